The van der Waals surface area contributed by atoms with Crippen LogP contribution < -0.4 is 5.32 Å². The van der Waals surface area contributed by atoms with E-state index in [0.717, 1.165) is 6.54 Å². The van der Waals surface area contributed by atoms with Gasteiger partial charge in [-0.1, -0.05) is 12.1 Å². The monoisotopic (exact) mass is 346 g/mol. The number of hydrogen-bond donors (Lipinski definition) is 1. The fourth-order valence-corrected chi connectivity index (χ4v) is 3.67. The maximum atomic E-state index is 12.7. The molecule has 1 amide bonds. The highest BCUT2D eigenvalue weighted by molar-refractivity contribution is 7.92. The molecular formula is C15H23ClN2O3S. The summed E-state index contributed by atoms with van der Waals surface area (Å²) in [5.41, 5.74) is 0.278. The molecule has 0 spiro atoms. The van der Waals surface area contributed by atoms with Crippen molar-refractivity contribution in [3.8, 4) is 0 Å². The van der Waals surface area contributed by atoms with Crippen LogP contribution in [-0.4, -0.2) is 50.2 Å². The molecule has 1 aliphatic rings. The topological polar surface area (TPSA) is 66.5 Å². The first kappa shape index (κ1) is 18.9. The van der Waals surface area contributed by atoms with Crippen molar-refractivity contribution < 1.29 is 13.2 Å². The summed E-state index contributed by atoms with van der Waals surface area (Å²) in [4.78, 5) is 14.5. The van der Waals surface area contributed by atoms with E-state index in [1.54, 1.807) is 36.9 Å². The van der Waals surface area contributed by atoms with Gasteiger partial charge in [0.2, 0.25) is 0 Å². The Morgan fingerprint density at radius 2 is 1.95 bits per heavy atom. The number of sulfone groups is 1. The minimum absolute atomic E-state index is 0. The summed E-state index contributed by atoms with van der Waals surface area (Å²) in [6, 6.07) is 6.71. The highest BCUT2D eigenvalue weighted by atomic mass is 35.5. The first-order chi connectivity index (χ1) is 9.84. The number of benzene rings is 1. The molecule has 1 unspecified atom stereocenters. The fraction of sp³-hybridized carbons (Fsp3) is 0.533. The molecule has 2 rings (SSSR count). The molecule has 7 heteroatoms. The zero-order valence-electron chi connectivity index (χ0n) is 13.1. The minimum atomic E-state index is -3.47. The summed E-state index contributed by atoms with van der Waals surface area (Å²) < 4.78 is 24.8. The van der Waals surface area contributed by atoms with Crippen molar-refractivity contribution in [1.82, 2.24) is 10.2 Å². The summed E-state index contributed by atoms with van der Waals surface area (Å²) >= 11 is 0. The highest BCUT2D eigenvalue weighted by Crippen LogP contribution is 2.22. The highest BCUT2D eigenvalue weighted by Gasteiger charge is 2.29. The van der Waals surface area contributed by atoms with Crippen molar-refractivity contribution in [1.29, 1.82) is 0 Å². The molecule has 1 saturated heterocycles. The molecule has 1 aromatic rings. The zero-order chi connectivity index (χ0) is 15.6. The number of nitrogens with zero attached hydrogens (tertiary/aromatic N) is 1. The van der Waals surface area contributed by atoms with Gasteiger partial charge < -0.3 is 10.2 Å². The average Bonchev–Trinajstić information content (AvgIpc) is 2.46. The van der Waals surface area contributed by atoms with E-state index in [-0.39, 0.29) is 34.8 Å². The van der Waals surface area contributed by atoms with Crippen LogP contribution in [0.1, 0.15) is 31.1 Å². The Morgan fingerprint density at radius 1 is 1.32 bits per heavy atom. The van der Waals surface area contributed by atoms with Crippen LogP contribution in [0.4, 0.5) is 0 Å². The second kappa shape index (κ2) is 7.44. The Labute approximate surface area is 138 Å². The van der Waals surface area contributed by atoms with Crippen molar-refractivity contribution in [3.63, 3.8) is 0 Å². The van der Waals surface area contributed by atoms with E-state index in [4.69, 9.17) is 0 Å². The van der Waals surface area contributed by atoms with E-state index < -0.39 is 15.1 Å². The first-order valence-corrected chi connectivity index (χ1v) is 8.74. The van der Waals surface area contributed by atoms with Gasteiger partial charge in [-0.25, -0.2) is 8.42 Å². The molecule has 1 aliphatic heterocycles. The summed E-state index contributed by atoms with van der Waals surface area (Å²) in [6.45, 7) is 7.18. The van der Waals surface area contributed by atoms with Gasteiger partial charge in [0.05, 0.1) is 15.7 Å². The molecule has 0 saturated carbocycles. The molecule has 124 valence electrons. The molecule has 0 aliphatic carbocycles. The normalized spacial score (nSPS) is 18.9. The van der Waals surface area contributed by atoms with Crippen LogP contribution in [0, 0.1) is 0 Å². The van der Waals surface area contributed by atoms with Crippen molar-refractivity contribution in [3.05, 3.63) is 29.8 Å². The van der Waals surface area contributed by atoms with Crippen molar-refractivity contribution in [2.45, 2.75) is 37.0 Å². The second-order valence-electron chi connectivity index (χ2n) is 5.70. The number of rotatable bonds is 3. The fourth-order valence-electron chi connectivity index (χ4n) is 2.43. The van der Waals surface area contributed by atoms with Gasteiger partial charge >= 0.3 is 0 Å². The maximum Gasteiger partial charge on any atom is 0.255 e. The van der Waals surface area contributed by atoms with Gasteiger partial charge in [-0.3, -0.25) is 4.79 Å². The Balaban J connectivity index is 0.00000242. The molecular weight excluding hydrogens is 324 g/mol. The number of carbonyl (C=O) groups is 1. The van der Waals surface area contributed by atoms with Gasteiger partial charge in [-0.05, 0) is 32.9 Å². The van der Waals surface area contributed by atoms with Gasteiger partial charge in [0.15, 0.2) is 9.84 Å². The van der Waals surface area contributed by atoms with Crippen LogP contribution in [0.2, 0.25) is 0 Å². The number of amides is 1. The van der Waals surface area contributed by atoms with E-state index in [1.165, 1.54) is 6.07 Å². The average molecular weight is 347 g/mol. The van der Waals surface area contributed by atoms with Gasteiger partial charge in [-0.2, -0.15) is 0 Å². The van der Waals surface area contributed by atoms with Crippen molar-refractivity contribution in [2.24, 2.45) is 0 Å². The molecule has 1 aromatic carbocycles. The predicted octanol–water partition coefficient (Wildman–Crippen LogP) is 1.72. The quantitative estimate of drug-likeness (QED) is 0.905. The van der Waals surface area contributed by atoms with E-state index in [1.807, 2.05) is 6.92 Å². The Kier molecular flexibility index (Phi) is 6.40. The lowest BCUT2D eigenvalue weighted by molar-refractivity contribution is 0.0705. The number of halogens is 1. The van der Waals surface area contributed by atoms with Crippen LogP contribution in [-0.2, 0) is 9.84 Å². The first-order valence-electron chi connectivity index (χ1n) is 7.19. The third kappa shape index (κ3) is 3.80. The van der Waals surface area contributed by atoms with E-state index >= 15 is 0 Å². The summed E-state index contributed by atoms with van der Waals surface area (Å²) in [6.07, 6.45) is 0. The number of piperazine rings is 1. The molecule has 22 heavy (non-hydrogen) atoms. The van der Waals surface area contributed by atoms with Crippen LogP contribution in [0.3, 0.4) is 0 Å². The molecule has 5 nitrogen and oxygen atoms in total. The van der Waals surface area contributed by atoms with Gasteiger partial charge in [0.1, 0.15) is 0 Å². The summed E-state index contributed by atoms with van der Waals surface area (Å²) in [5.74, 6) is -0.205. The Bertz CT molecular complexity index is 631. The van der Waals surface area contributed by atoms with Gasteiger partial charge in [0.25, 0.3) is 5.91 Å². The van der Waals surface area contributed by atoms with E-state index in [9.17, 15) is 13.2 Å². The summed E-state index contributed by atoms with van der Waals surface area (Å²) in [7, 11) is -3.47. The van der Waals surface area contributed by atoms with Crippen molar-refractivity contribution in [2.75, 3.05) is 19.6 Å². The number of hydrogen-bond acceptors (Lipinski definition) is 4. The zero-order valence-corrected chi connectivity index (χ0v) is 14.7. The lowest BCUT2D eigenvalue weighted by Gasteiger charge is -2.32. The smallest absolute Gasteiger partial charge is 0.255 e. The molecule has 0 aromatic heterocycles. The van der Waals surface area contributed by atoms with Crippen LogP contribution in [0.5, 0.6) is 0 Å². The summed E-state index contributed by atoms with van der Waals surface area (Å²) in [5, 5.41) is 2.72. The number of nitrogens with one attached hydrogen (secondary N) is 1. The maximum absolute atomic E-state index is 12.7. The van der Waals surface area contributed by atoms with E-state index in [0.29, 0.717) is 13.1 Å². The molecule has 1 heterocycles. The standard InChI is InChI=1S/C15H22N2O3S.ClH/c1-11(2)21(19,20)14-7-5-4-6-13(14)15(18)17-9-8-16-12(3)10-17;/h4-7,11-12,16H,8-10H2,1-3H3;1H. The molecule has 1 atom stereocenters. The van der Waals surface area contributed by atoms with Crippen LogP contribution >= 0.6 is 12.4 Å². The van der Waals surface area contributed by atoms with Gasteiger partial charge in [0, 0.05) is 25.7 Å². The lowest BCUT2D eigenvalue weighted by atomic mass is 10.1. The van der Waals surface area contributed by atoms with E-state index in [2.05, 4.69) is 5.32 Å². The predicted molar refractivity (Wildman–Crippen MR) is 89.4 cm³/mol. The minimum Gasteiger partial charge on any atom is -0.336 e. The molecule has 1 N–H and O–H groups in total. The molecule has 0 bridgehead atoms. The SMILES string of the molecule is CC1CN(C(=O)c2ccccc2S(=O)(=O)C(C)C)CCN1.Cl. The van der Waals surface area contributed by atoms with Crippen molar-refractivity contribution >= 4 is 28.2 Å². The largest absolute Gasteiger partial charge is 0.336 e. The van der Waals surface area contributed by atoms with Gasteiger partial charge in [-0.15, -0.1) is 12.4 Å². The third-order valence-corrected chi connectivity index (χ3v) is 5.91. The van der Waals surface area contributed by atoms with Crippen LogP contribution in [0.25, 0.3) is 0 Å². The Hall–Kier alpha value is -1.11. The van der Waals surface area contributed by atoms with Crippen LogP contribution in [0.15, 0.2) is 29.2 Å². The Morgan fingerprint density at radius 3 is 2.55 bits per heavy atom. The lowest BCUT2D eigenvalue weighted by Crippen LogP contribution is -2.51. The molecule has 1 fully saturated rings. The molecule has 0 radical (unpaired) electrons. The second-order valence-corrected chi connectivity index (χ2v) is 8.17. The third-order valence-electron chi connectivity index (χ3n) is 3.70. The number of carbonyl (C=O) groups excluding carboxylic acids is 1.